The summed E-state index contributed by atoms with van der Waals surface area (Å²) >= 11 is 0. The quantitative estimate of drug-likeness (QED) is 0.149. The summed E-state index contributed by atoms with van der Waals surface area (Å²) in [6, 6.07) is 66.5. The Morgan fingerprint density at radius 1 is 0.533 bits per heavy atom. The third-order valence-electron chi connectivity index (χ3n) is 15.1. The van der Waals surface area contributed by atoms with E-state index in [2.05, 4.69) is 267 Å². The molecule has 0 saturated heterocycles. The smallest absolute Gasteiger partial charge is 0.135 e. The Kier molecular flexibility index (Phi) is 12.1. The number of nitrogens with zero attached hydrogens (tertiary/aromatic N) is 5. The fraction of sp³-hybridized carbons (Fsp3) is 0.221. The number of ether oxygens (including phenoxy) is 1. The van der Waals surface area contributed by atoms with E-state index in [0.29, 0.717) is 11.5 Å². The molecule has 75 heavy (non-hydrogen) atoms. The average molecular weight is 1160 g/mol. The van der Waals surface area contributed by atoms with Crippen LogP contribution in [0.5, 0.6) is 11.5 Å². The molecule has 0 amide bonds. The zero-order valence-corrected chi connectivity index (χ0v) is 47.0. The first-order valence-electron chi connectivity index (χ1n) is 25.9. The minimum atomic E-state index is -0.190. The van der Waals surface area contributed by atoms with Crippen LogP contribution in [0, 0.1) is 18.8 Å². The van der Waals surface area contributed by atoms with Crippen molar-refractivity contribution in [2.75, 3.05) is 9.80 Å². The molecule has 6 nitrogen and oxygen atoms in total. The number of benzene rings is 7. The molecule has 2 aliphatic rings. The van der Waals surface area contributed by atoms with Crippen molar-refractivity contribution in [1.82, 2.24) is 14.5 Å². The largest absolute Gasteiger partial charge is 0.509 e. The van der Waals surface area contributed by atoms with Crippen LogP contribution in [0.25, 0.3) is 61.0 Å². The Hall–Kier alpha value is -7.27. The van der Waals surface area contributed by atoms with Crippen LogP contribution in [-0.2, 0) is 42.7 Å². The summed E-state index contributed by atoms with van der Waals surface area (Å²) < 4.78 is 9.31. The van der Waals surface area contributed by atoms with Crippen molar-refractivity contribution in [1.29, 1.82) is 0 Å². The molecular weight excluding hydrogens is 1100 g/mol. The molecule has 7 heteroatoms. The summed E-state index contributed by atoms with van der Waals surface area (Å²) in [4.78, 5) is 14.9. The average Bonchev–Trinajstić information content (AvgIpc) is 4.05. The Morgan fingerprint density at radius 2 is 1.19 bits per heavy atom. The fourth-order valence-corrected chi connectivity index (χ4v) is 11.0. The molecule has 0 saturated carbocycles. The second kappa shape index (κ2) is 18.2. The van der Waals surface area contributed by atoms with Gasteiger partial charge in [-0.3, -0.25) is 4.98 Å². The van der Waals surface area contributed by atoms with E-state index in [0.717, 1.165) is 84.0 Å². The van der Waals surface area contributed by atoms with Crippen LogP contribution in [0.2, 0.25) is 0 Å². The zero-order chi connectivity index (χ0) is 51.5. The van der Waals surface area contributed by atoms with E-state index in [1.165, 1.54) is 27.8 Å². The Bertz CT molecular complexity index is 3820. The molecule has 0 unspecified atom stereocenters. The van der Waals surface area contributed by atoms with Crippen molar-refractivity contribution < 1.29 is 25.8 Å². The van der Waals surface area contributed by atoms with Crippen LogP contribution in [0.1, 0.15) is 104 Å². The number of aromatic nitrogens is 3. The van der Waals surface area contributed by atoms with E-state index < -0.39 is 0 Å². The molecule has 0 radical (unpaired) electrons. The van der Waals surface area contributed by atoms with E-state index in [-0.39, 0.29) is 42.7 Å². The van der Waals surface area contributed by atoms with E-state index in [1.54, 1.807) is 0 Å². The fourth-order valence-electron chi connectivity index (χ4n) is 11.0. The van der Waals surface area contributed by atoms with Crippen molar-refractivity contribution in [3.05, 3.63) is 217 Å². The van der Waals surface area contributed by atoms with Crippen molar-refractivity contribution in [2.24, 2.45) is 0 Å². The summed E-state index contributed by atoms with van der Waals surface area (Å²) in [6.45, 7) is 27.1. The summed E-state index contributed by atoms with van der Waals surface area (Å²) in [5, 5.41) is 2.21. The molecule has 12 rings (SSSR count). The van der Waals surface area contributed by atoms with Gasteiger partial charge in [0.2, 0.25) is 0 Å². The molecule has 7 aromatic carbocycles. The maximum Gasteiger partial charge on any atom is 0.135 e. The van der Waals surface area contributed by atoms with Crippen molar-refractivity contribution in [3.63, 3.8) is 0 Å². The first-order valence-corrected chi connectivity index (χ1v) is 25.9. The minimum absolute atomic E-state index is 0. The van der Waals surface area contributed by atoms with Gasteiger partial charge in [-0.15, -0.1) is 53.6 Å². The molecule has 0 fully saturated rings. The van der Waals surface area contributed by atoms with Crippen LogP contribution >= 0.6 is 0 Å². The molecule has 0 N–H and O–H groups in total. The first-order chi connectivity index (χ1) is 35.3. The van der Waals surface area contributed by atoms with Crippen LogP contribution < -0.4 is 14.5 Å². The first kappa shape index (κ1) is 49.9. The van der Waals surface area contributed by atoms with E-state index in [9.17, 15) is 0 Å². The van der Waals surface area contributed by atoms with Gasteiger partial charge in [0.1, 0.15) is 5.82 Å². The number of fused-ring (bicyclic) bond motifs is 7. The van der Waals surface area contributed by atoms with Gasteiger partial charge in [-0.1, -0.05) is 179 Å². The SMILES string of the molecule is CC(C)(C)c1ccnc(-n2c3[c-]c(Oc4[c-]c(N5[CH-]N(c6c(-c7ccccc7)ccc7c6-c6ccccc6C7(C)C)c6ccccc65)cc(-c5cc(C(C)(C)C)nc(C(C)(C)C)c5)c4)ccc3c3ccccc32)c1.[Pt]. The molecule has 10 aromatic rings. The summed E-state index contributed by atoms with van der Waals surface area (Å²) in [5.74, 6) is 1.99. The molecule has 4 heterocycles. The van der Waals surface area contributed by atoms with E-state index in [1.807, 2.05) is 12.3 Å². The normalized spacial score (nSPS) is 14.0. The van der Waals surface area contributed by atoms with Gasteiger partial charge in [-0.2, -0.15) is 6.07 Å². The summed E-state index contributed by atoms with van der Waals surface area (Å²) in [6.07, 6.45) is 1.91. The molecule has 1 aliphatic carbocycles. The number of rotatable bonds is 7. The molecule has 0 bridgehead atoms. The van der Waals surface area contributed by atoms with E-state index >= 15 is 0 Å². The van der Waals surface area contributed by atoms with Crippen molar-refractivity contribution in [3.8, 4) is 50.7 Å². The van der Waals surface area contributed by atoms with Gasteiger partial charge in [-0.05, 0) is 86.6 Å². The Labute approximate surface area is 457 Å². The molecule has 3 aromatic heterocycles. The van der Waals surface area contributed by atoms with Crippen LogP contribution in [0.4, 0.5) is 22.7 Å². The molecular formula is C68H62N5OPt-3. The second-order valence-corrected chi connectivity index (χ2v) is 23.7. The molecule has 1 aliphatic heterocycles. The van der Waals surface area contributed by atoms with Crippen molar-refractivity contribution in [2.45, 2.75) is 97.8 Å². The number of hydrogen-bond donors (Lipinski definition) is 0. The number of anilines is 4. The Balaban J connectivity index is 0.00000602. The number of hydrogen-bond acceptors (Lipinski definition) is 5. The van der Waals surface area contributed by atoms with Gasteiger partial charge >= 0.3 is 0 Å². The van der Waals surface area contributed by atoms with Gasteiger partial charge in [0.15, 0.2) is 0 Å². The standard InChI is InChI=1S/C68H62N5O.Pt/c1-65(2,3)46-33-34-69-62(39-46)73-56-26-18-16-23-51(56)52-30-29-48(41-59(52)73)74-49-36-44(45-37-60(66(4,5)6)70-61(38-45)67(7,8)9)35-47(40-49)71-42-72(58-28-20-19-27-57(58)71)64-50(43-21-13-12-14-22-43)31-32-55-63(64)53-24-15-17-25-54(53)68(55,10)11;/h12-39,42H,1-11H3;/q-3;. The number of pyridine rings is 2. The van der Waals surface area contributed by atoms with Gasteiger partial charge < -0.3 is 19.1 Å². The van der Waals surface area contributed by atoms with Gasteiger partial charge in [0.05, 0.1) is 0 Å². The molecule has 378 valence electrons. The summed E-state index contributed by atoms with van der Waals surface area (Å²) in [5.41, 5.74) is 18.3. The molecule has 0 spiro atoms. The topological polar surface area (TPSA) is 46.4 Å². The number of para-hydroxylation sites is 3. The minimum Gasteiger partial charge on any atom is -0.509 e. The molecule has 0 atom stereocenters. The van der Waals surface area contributed by atoms with Gasteiger partial charge in [0, 0.05) is 100 Å². The second-order valence-electron chi connectivity index (χ2n) is 23.7. The Morgan fingerprint density at radius 3 is 1.91 bits per heavy atom. The van der Waals surface area contributed by atoms with Crippen molar-refractivity contribution >= 4 is 44.6 Å². The predicted molar refractivity (Wildman–Crippen MR) is 307 cm³/mol. The zero-order valence-electron chi connectivity index (χ0n) is 44.7. The van der Waals surface area contributed by atoms with Gasteiger partial charge in [0.25, 0.3) is 0 Å². The maximum absolute atomic E-state index is 7.09. The predicted octanol–water partition coefficient (Wildman–Crippen LogP) is 17.9. The van der Waals surface area contributed by atoms with Crippen LogP contribution in [0.15, 0.2) is 170 Å². The van der Waals surface area contributed by atoms with Gasteiger partial charge in [-0.25, -0.2) is 4.98 Å². The van der Waals surface area contributed by atoms with Crippen LogP contribution in [-0.4, -0.2) is 14.5 Å². The maximum atomic E-state index is 7.09. The monoisotopic (exact) mass is 1160 g/mol. The third-order valence-corrected chi connectivity index (χ3v) is 15.1. The van der Waals surface area contributed by atoms with Crippen LogP contribution in [0.3, 0.4) is 0 Å². The third kappa shape index (κ3) is 8.65. The summed E-state index contributed by atoms with van der Waals surface area (Å²) in [7, 11) is 0. The van der Waals surface area contributed by atoms with E-state index in [4.69, 9.17) is 14.7 Å².